The Hall–Kier alpha value is -0.930. The summed E-state index contributed by atoms with van der Waals surface area (Å²) < 4.78 is 13.2. The van der Waals surface area contributed by atoms with E-state index in [1.54, 1.807) is 12.1 Å². The van der Waals surface area contributed by atoms with Gasteiger partial charge in [-0.1, -0.05) is 12.1 Å². The van der Waals surface area contributed by atoms with Gasteiger partial charge in [0.1, 0.15) is 5.82 Å². The molecule has 3 N–H and O–H groups in total. The van der Waals surface area contributed by atoms with E-state index >= 15 is 0 Å². The minimum atomic E-state index is -0.180. The second kappa shape index (κ2) is 3.82. The molecule has 2 aliphatic rings. The fourth-order valence-corrected chi connectivity index (χ4v) is 3.24. The van der Waals surface area contributed by atoms with Gasteiger partial charge in [0.25, 0.3) is 0 Å². The predicted molar refractivity (Wildman–Crippen MR) is 60.8 cm³/mol. The van der Waals surface area contributed by atoms with Crippen LogP contribution in [0.3, 0.4) is 0 Å². The van der Waals surface area contributed by atoms with Gasteiger partial charge in [-0.25, -0.2) is 4.39 Å². The number of hydrazine groups is 1. The maximum absolute atomic E-state index is 13.2. The molecule has 0 aromatic heterocycles. The van der Waals surface area contributed by atoms with Crippen molar-refractivity contribution in [3.8, 4) is 0 Å². The van der Waals surface area contributed by atoms with E-state index < -0.39 is 0 Å². The second-order valence-electron chi connectivity index (χ2n) is 5.19. The molecule has 0 spiro atoms. The molecular weight excluding hydrogens is 203 g/mol. The van der Waals surface area contributed by atoms with Gasteiger partial charge < -0.3 is 0 Å². The lowest BCUT2D eigenvalue weighted by Gasteiger charge is -2.24. The summed E-state index contributed by atoms with van der Waals surface area (Å²) in [6, 6.07) is 6.89. The third kappa shape index (κ3) is 1.74. The van der Waals surface area contributed by atoms with Crippen LogP contribution in [-0.2, 0) is 0 Å². The first-order chi connectivity index (χ1) is 7.78. The molecule has 2 fully saturated rings. The van der Waals surface area contributed by atoms with Crippen LogP contribution in [-0.4, -0.2) is 0 Å². The SMILES string of the molecule is NNC(c1cccc(F)c1)C1CC2CC2C1. The maximum Gasteiger partial charge on any atom is 0.123 e. The van der Waals surface area contributed by atoms with Crippen molar-refractivity contribution >= 4 is 0 Å². The average Bonchev–Trinajstić information content (AvgIpc) is 2.88. The van der Waals surface area contributed by atoms with Gasteiger partial charge in [0.2, 0.25) is 0 Å². The third-order valence-electron chi connectivity index (χ3n) is 4.14. The van der Waals surface area contributed by atoms with Crippen molar-refractivity contribution in [2.24, 2.45) is 23.6 Å². The molecule has 0 bridgehead atoms. The van der Waals surface area contributed by atoms with E-state index in [1.165, 1.54) is 25.3 Å². The molecule has 0 aliphatic heterocycles. The monoisotopic (exact) mass is 220 g/mol. The summed E-state index contributed by atoms with van der Waals surface area (Å²) in [7, 11) is 0. The highest BCUT2D eigenvalue weighted by molar-refractivity contribution is 5.21. The summed E-state index contributed by atoms with van der Waals surface area (Å²) in [5.74, 6) is 7.87. The largest absolute Gasteiger partial charge is 0.271 e. The van der Waals surface area contributed by atoms with Crippen molar-refractivity contribution in [1.82, 2.24) is 5.43 Å². The van der Waals surface area contributed by atoms with Crippen LogP contribution in [0.5, 0.6) is 0 Å². The molecule has 86 valence electrons. The fourth-order valence-electron chi connectivity index (χ4n) is 3.24. The molecule has 1 aromatic carbocycles. The Morgan fingerprint density at radius 3 is 2.62 bits per heavy atom. The highest BCUT2D eigenvalue weighted by Crippen LogP contribution is 2.56. The van der Waals surface area contributed by atoms with Crippen LogP contribution in [0, 0.1) is 23.6 Å². The van der Waals surface area contributed by atoms with Crippen LogP contribution in [0.1, 0.15) is 30.9 Å². The van der Waals surface area contributed by atoms with Crippen molar-refractivity contribution < 1.29 is 4.39 Å². The lowest BCUT2D eigenvalue weighted by molar-refractivity contribution is 0.345. The molecule has 3 rings (SSSR count). The molecule has 0 radical (unpaired) electrons. The average molecular weight is 220 g/mol. The molecule has 0 heterocycles. The summed E-state index contributed by atoms with van der Waals surface area (Å²) >= 11 is 0. The first kappa shape index (κ1) is 10.2. The Morgan fingerprint density at radius 1 is 1.25 bits per heavy atom. The molecule has 2 aliphatic carbocycles. The number of benzene rings is 1. The summed E-state index contributed by atoms with van der Waals surface area (Å²) in [5, 5.41) is 0. The van der Waals surface area contributed by atoms with Crippen molar-refractivity contribution in [2.75, 3.05) is 0 Å². The zero-order chi connectivity index (χ0) is 11.1. The number of nitrogens with two attached hydrogens (primary N) is 1. The van der Waals surface area contributed by atoms with Crippen LogP contribution in [0.25, 0.3) is 0 Å². The summed E-state index contributed by atoms with van der Waals surface area (Å²) in [5.41, 5.74) is 3.84. The molecule has 1 aromatic rings. The van der Waals surface area contributed by atoms with Gasteiger partial charge in [-0.2, -0.15) is 0 Å². The molecular formula is C13H17FN2. The quantitative estimate of drug-likeness (QED) is 0.606. The standard InChI is InChI=1S/C13H17FN2/c14-12-3-1-2-8(7-12)13(16-15)11-5-9-4-10(9)6-11/h1-3,7,9-11,13,16H,4-6,15H2. The lowest BCUT2D eigenvalue weighted by Crippen LogP contribution is -2.33. The molecule has 2 nitrogen and oxygen atoms in total. The van der Waals surface area contributed by atoms with Crippen LogP contribution >= 0.6 is 0 Å². The van der Waals surface area contributed by atoms with Crippen molar-refractivity contribution in [3.05, 3.63) is 35.6 Å². The number of nitrogens with one attached hydrogen (secondary N) is 1. The van der Waals surface area contributed by atoms with Crippen LogP contribution in [0.15, 0.2) is 24.3 Å². The minimum Gasteiger partial charge on any atom is -0.271 e. The molecule has 0 saturated heterocycles. The van der Waals surface area contributed by atoms with Gasteiger partial charge in [-0.05, 0) is 54.7 Å². The van der Waals surface area contributed by atoms with Crippen molar-refractivity contribution in [2.45, 2.75) is 25.3 Å². The van der Waals surface area contributed by atoms with E-state index in [2.05, 4.69) is 5.43 Å². The van der Waals surface area contributed by atoms with Gasteiger partial charge in [-0.3, -0.25) is 11.3 Å². The first-order valence-electron chi connectivity index (χ1n) is 5.99. The highest BCUT2D eigenvalue weighted by Gasteiger charge is 2.47. The Kier molecular flexibility index (Phi) is 2.45. The predicted octanol–water partition coefficient (Wildman–Crippen LogP) is 2.38. The highest BCUT2D eigenvalue weighted by atomic mass is 19.1. The first-order valence-corrected chi connectivity index (χ1v) is 5.99. The molecule has 16 heavy (non-hydrogen) atoms. The molecule has 3 heteroatoms. The normalized spacial score (nSPS) is 33.5. The van der Waals surface area contributed by atoms with Crippen LogP contribution < -0.4 is 11.3 Å². The minimum absolute atomic E-state index is 0.114. The van der Waals surface area contributed by atoms with Crippen molar-refractivity contribution in [3.63, 3.8) is 0 Å². The number of hydrogen-bond acceptors (Lipinski definition) is 2. The zero-order valence-corrected chi connectivity index (χ0v) is 9.20. The van der Waals surface area contributed by atoms with Crippen molar-refractivity contribution in [1.29, 1.82) is 0 Å². The number of rotatable bonds is 3. The number of fused-ring (bicyclic) bond motifs is 1. The van der Waals surface area contributed by atoms with Gasteiger partial charge in [-0.15, -0.1) is 0 Å². The maximum atomic E-state index is 13.2. The topological polar surface area (TPSA) is 38.0 Å². The number of halogens is 1. The Bertz CT molecular complexity index is 383. The molecule has 2 saturated carbocycles. The zero-order valence-electron chi connectivity index (χ0n) is 9.20. The van der Waals surface area contributed by atoms with E-state index in [4.69, 9.17) is 5.84 Å². The number of hydrogen-bond donors (Lipinski definition) is 2. The van der Waals surface area contributed by atoms with Gasteiger partial charge in [0, 0.05) is 6.04 Å². The Morgan fingerprint density at radius 2 is 2.00 bits per heavy atom. The molecule has 0 amide bonds. The smallest absolute Gasteiger partial charge is 0.123 e. The third-order valence-corrected chi connectivity index (χ3v) is 4.14. The molecule has 3 unspecified atom stereocenters. The van der Waals surface area contributed by atoms with Crippen LogP contribution in [0.4, 0.5) is 4.39 Å². The summed E-state index contributed by atoms with van der Waals surface area (Å²) in [6.45, 7) is 0. The lowest BCUT2D eigenvalue weighted by atomic mass is 9.89. The summed E-state index contributed by atoms with van der Waals surface area (Å²) in [6.07, 6.45) is 3.89. The van der Waals surface area contributed by atoms with Gasteiger partial charge in [0.05, 0.1) is 0 Å². The Balaban J connectivity index is 1.79. The van der Waals surface area contributed by atoms with E-state index in [0.717, 1.165) is 17.4 Å². The second-order valence-corrected chi connectivity index (χ2v) is 5.19. The van der Waals surface area contributed by atoms with Gasteiger partial charge in [0.15, 0.2) is 0 Å². The van der Waals surface area contributed by atoms with E-state index in [0.29, 0.717) is 5.92 Å². The van der Waals surface area contributed by atoms with E-state index in [9.17, 15) is 4.39 Å². The Labute approximate surface area is 95.0 Å². The van der Waals surface area contributed by atoms with E-state index in [1.807, 2.05) is 6.07 Å². The molecule has 3 atom stereocenters. The van der Waals surface area contributed by atoms with E-state index in [-0.39, 0.29) is 11.9 Å². The van der Waals surface area contributed by atoms with Gasteiger partial charge >= 0.3 is 0 Å². The summed E-state index contributed by atoms with van der Waals surface area (Å²) in [4.78, 5) is 0. The van der Waals surface area contributed by atoms with Crippen LogP contribution in [0.2, 0.25) is 0 Å². The fraction of sp³-hybridized carbons (Fsp3) is 0.538.